The Hall–Kier alpha value is -3.50. The molecule has 0 bridgehead atoms. The largest absolute Gasteiger partial charge is 0.407 e. The molecule has 2 heterocycles. The smallest absolute Gasteiger partial charge is 0.322 e. The molecule has 4 rings (SSSR count). The molecule has 2 aromatic carbocycles. The minimum Gasteiger partial charge on any atom is -0.407 e. The minimum atomic E-state index is -3.75. The fraction of sp³-hybridized carbons (Fsp3) is 0.0952. The third-order valence-electron chi connectivity index (χ3n) is 4.49. The van der Waals surface area contributed by atoms with Crippen LogP contribution in [0.3, 0.4) is 0 Å². The van der Waals surface area contributed by atoms with Crippen molar-refractivity contribution >= 4 is 39.0 Å². The van der Waals surface area contributed by atoms with Crippen LogP contribution >= 0.6 is 11.3 Å². The van der Waals surface area contributed by atoms with E-state index >= 15 is 0 Å². The second-order valence-corrected chi connectivity index (χ2v) is 9.55. The summed E-state index contributed by atoms with van der Waals surface area (Å²) >= 11 is 1.57. The molecule has 0 aliphatic rings. The highest BCUT2D eigenvalue weighted by Gasteiger charge is 2.22. The van der Waals surface area contributed by atoms with Crippen LogP contribution < -0.4 is 9.62 Å². The average molecular weight is 455 g/mol. The maximum absolute atomic E-state index is 12.8. The fourth-order valence-electron chi connectivity index (χ4n) is 2.82. The first kappa shape index (κ1) is 20.8. The summed E-state index contributed by atoms with van der Waals surface area (Å²) in [5.41, 5.74) is 0.804. The first-order valence-electron chi connectivity index (χ1n) is 9.23. The van der Waals surface area contributed by atoms with Crippen LogP contribution in [0.15, 0.2) is 81.4 Å². The number of anilines is 2. The molecule has 8 nitrogen and oxygen atoms in total. The lowest BCUT2D eigenvalue weighted by atomic mass is 10.2. The topological polar surface area (TPSA) is 105 Å². The Kier molecular flexibility index (Phi) is 5.83. The van der Waals surface area contributed by atoms with Gasteiger partial charge in [-0.05, 0) is 47.8 Å². The van der Waals surface area contributed by atoms with Gasteiger partial charge < -0.3 is 4.42 Å². The van der Waals surface area contributed by atoms with Gasteiger partial charge in [0, 0.05) is 17.5 Å². The van der Waals surface area contributed by atoms with E-state index in [4.69, 9.17) is 4.42 Å². The molecular weight excluding hydrogens is 436 g/mol. The minimum absolute atomic E-state index is 0.0166. The summed E-state index contributed by atoms with van der Waals surface area (Å²) < 4.78 is 32.3. The summed E-state index contributed by atoms with van der Waals surface area (Å²) in [4.78, 5) is 13.6. The molecule has 0 saturated heterocycles. The standard InChI is InChI=1S/C21H18N4O4S2/c1-25(16-6-3-2-4-7-16)31(27,28)18-11-9-15(10-12-18)20(26)22-21-24-23-19(29-21)14-17-8-5-13-30-17/h2-13H,14H2,1H3,(H,22,24,26). The SMILES string of the molecule is CN(c1ccccc1)S(=O)(=O)c1ccc(C(=O)Nc2nnc(Cc3cccs3)o2)cc1. The van der Waals surface area contributed by atoms with Crippen molar-refractivity contribution in [1.29, 1.82) is 0 Å². The zero-order chi connectivity index (χ0) is 21.8. The number of carbonyl (C=O) groups excluding carboxylic acids is 1. The lowest BCUT2D eigenvalue weighted by Crippen LogP contribution is -2.26. The maximum Gasteiger partial charge on any atom is 0.322 e. The second kappa shape index (κ2) is 8.70. The Labute approximate surface area is 183 Å². The van der Waals surface area contributed by atoms with Gasteiger partial charge in [0.25, 0.3) is 15.9 Å². The Morgan fingerprint density at radius 3 is 2.45 bits per heavy atom. The van der Waals surface area contributed by atoms with Gasteiger partial charge in [-0.1, -0.05) is 29.4 Å². The van der Waals surface area contributed by atoms with Crippen molar-refractivity contribution in [3.05, 3.63) is 88.4 Å². The number of aromatic nitrogens is 2. The van der Waals surface area contributed by atoms with Crippen molar-refractivity contribution in [1.82, 2.24) is 10.2 Å². The van der Waals surface area contributed by atoms with Crippen molar-refractivity contribution < 1.29 is 17.6 Å². The lowest BCUT2D eigenvalue weighted by molar-refractivity contribution is 0.102. The van der Waals surface area contributed by atoms with E-state index in [9.17, 15) is 13.2 Å². The number of hydrogen-bond donors (Lipinski definition) is 1. The van der Waals surface area contributed by atoms with E-state index in [2.05, 4.69) is 15.5 Å². The second-order valence-electron chi connectivity index (χ2n) is 6.54. The lowest BCUT2D eigenvalue weighted by Gasteiger charge is -2.19. The summed E-state index contributed by atoms with van der Waals surface area (Å²) in [6.07, 6.45) is 0.488. The van der Waals surface area contributed by atoms with Crippen molar-refractivity contribution in [3.8, 4) is 0 Å². The first-order chi connectivity index (χ1) is 14.9. The molecular formula is C21H18N4O4S2. The number of thiophene rings is 1. The molecule has 0 saturated carbocycles. The van der Waals surface area contributed by atoms with Crippen LogP contribution in [0.2, 0.25) is 0 Å². The van der Waals surface area contributed by atoms with Crippen LogP contribution in [0.1, 0.15) is 21.1 Å². The van der Waals surface area contributed by atoms with Crippen molar-refractivity contribution in [2.75, 3.05) is 16.7 Å². The van der Waals surface area contributed by atoms with Crippen molar-refractivity contribution in [2.45, 2.75) is 11.3 Å². The van der Waals surface area contributed by atoms with Crippen LogP contribution in [-0.2, 0) is 16.4 Å². The predicted molar refractivity (Wildman–Crippen MR) is 118 cm³/mol. The van der Waals surface area contributed by atoms with Gasteiger partial charge >= 0.3 is 6.01 Å². The first-order valence-corrected chi connectivity index (χ1v) is 11.6. The quantitative estimate of drug-likeness (QED) is 0.455. The van der Waals surface area contributed by atoms with E-state index in [-0.39, 0.29) is 16.5 Å². The van der Waals surface area contributed by atoms with Crippen LogP contribution in [0.25, 0.3) is 0 Å². The molecule has 1 amide bonds. The zero-order valence-electron chi connectivity index (χ0n) is 16.4. The molecule has 0 fully saturated rings. The highest BCUT2D eigenvalue weighted by atomic mass is 32.2. The van der Waals surface area contributed by atoms with Crippen LogP contribution in [0.5, 0.6) is 0 Å². The van der Waals surface area contributed by atoms with E-state index < -0.39 is 15.9 Å². The third-order valence-corrected chi connectivity index (χ3v) is 7.16. The number of nitrogens with zero attached hydrogens (tertiary/aromatic N) is 3. The van der Waals surface area contributed by atoms with Gasteiger partial charge in [-0.3, -0.25) is 14.4 Å². The highest BCUT2D eigenvalue weighted by Crippen LogP contribution is 2.22. The molecule has 10 heteroatoms. The van der Waals surface area contributed by atoms with Gasteiger partial charge in [-0.2, -0.15) is 0 Å². The normalized spacial score (nSPS) is 11.3. The molecule has 31 heavy (non-hydrogen) atoms. The Balaban J connectivity index is 1.44. The monoisotopic (exact) mass is 454 g/mol. The number of para-hydroxylation sites is 1. The molecule has 1 N–H and O–H groups in total. The average Bonchev–Trinajstić information content (AvgIpc) is 3.46. The summed E-state index contributed by atoms with van der Waals surface area (Å²) in [6, 6.07) is 18.3. The fourth-order valence-corrected chi connectivity index (χ4v) is 4.71. The molecule has 158 valence electrons. The van der Waals surface area contributed by atoms with Gasteiger partial charge in [0.1, 0.15) is 0 Å². The van der Waals surface area contributed by atoms with Crippen molar-refractivity contribution in [2.24, 2.45) is 0 Å². The van der Waals surface area contributed by atoms with E-state index in [0.29, 0.717) is 18.0 Å². The van der Waals surface area contributed by atoms with Gasteiger partial charge in [-0.25, -0.2) is 8.42 Å². The molecule has 0 spiro atoms. The van der Waals surface area contributed by atoms with E-state index in [1.807, 2.05) is 23.6 Å². The molecule has 2 aromatic heterocycles. The van der Waals surface area contributed by atoms with E-state index in [1.165, 1.54) is 35.6 Å². The Morgan fingerprint density at radius 2 is 1.77 bits per heavy atom. The third kappa shape index (κ3) is 4.65. The predicted octanol–water partition coefficient (Wildman–Crippen LogP) is 3.80. The number of sulfonamides is 1. The van der Waals surface area contributed by atoms with E-state index in [1.54, 1.807) is 35.6 Å². The number of nitrogens with one attached hydrogen (secondary N) is 1. The summed E-state index contributed by atoms with van der Waals surface area (Å²) in [5, 5.41) is 12.2. The van der Waals surface area contributed by atoms with Gasteiger partial charge in [-0.15, -0.1) is 16.4 Å². The number of carbonyl (C=O) groups is 1. The van der Waals surface area contributed by atoms with E-state index in [0.717, 1.165) is 4.88 Å². The number of benzene rings is 2. The van der Waals surface area contributed by atoms with Gasteiger partial charge in [0.05, 0.1) is 17.0 Å². The van der Waals surface area contributed by atoms with Gasteiger partial charge in [0.2, 0.25) is 5.89 Å². The van der Waals surface area contributed by atoms with Gasteiger partial charge in [0.15, 0.2) is 0 Å². The van der Waals surface area contributed by atoms with Crippen molar-refractivity contribution in [3.63, 3.8) is 0 Å². The highest BCUT2D eigenvalue weighted by molar-refractivity contribution is 7.92. The summed E-state index contributed by atoms with van der Waals surface area (Å²) in [6.45, 7) is 0. The summed E-state index contributed by atoms with van der Waals surface area (Å²) in [7, 11) is -2.27. The zero-order valence-corrected chi connectivity index (χ0v) is 18.1. The molecule has 4 aromatic rings. The maximum atomic E-state index is 12.8. The Bertz CT molecular complexity index is 1270. The molecule has 0 aliphatic carbocycles. The Morgan fingerprint density at radius 1 is 1.03 bits per heavy atom. The number of hydrogen-bond acceptors (Lipinski definition) is 7. The number of amides is 1. The molecule has 0 radical (unpaired) electrons. The molecule has 0 atom stereocenters. The molecule has 0 unspecified atom stereocenters. The number of rotatable bonds is 7. The van der Waals surface area contributed by atoms with Crippen LogP contribution in [0, 0.1) is 0 Å². The summed E-state index contributed by atoms with van der Waals surface area (Å²) in [5.74, 6) is -0.0881. The molecule has 0 aliphatic heterocycles. The van der Waals surface area contributed by atoms with Crippen LogP contribution in [0.4, 0.5) is 11.7 Å². The van der Waals surface area contributed by atoms with Crippen LogP contribution in [-0.4, -0.2) is 31.6 Å².